The number of rotatable bonds is 12. The summed E-state index contributed by atoms with van der Waals surface area (Å²) < 4.78 is 7.67. The predicted molar refractivity (Wildman–Crippen MR) is 151 cm³/mol. The molecule has 0 saturated heterocycles. The fourth-order valence-corrected chi connectivity index (χ4v) is 4.36. The van der Waals surface area contributed by atoms with Crippen molar-refractivity contribution in [1.29, 1.82) is 0 Å². The number of aryl methyl sites for hydroxylation is 2. The number of nitrogen functional groups attached to an aromatic ring is 1. The summed E-state index contributed by atoms with van der Waals surface area (Å²) >= 11 is 0. The Bertz CT molecular complexity index is 1340. The highest BCUT2D eigenvalue weighted by Gasteiger charge is 2.14. The number of carbonyl (C=O) groups is 1. The number of nitrogens with zero attached hydrogens (tertiary/aromatic N) is 5. The van der Waals surface area contributed by atoms with Gasteiger partial charge in [-0.25, -0.2) is 19.7 Å². The van der Waals surface area contributed by atoms with Crippen molar-refractivity contribution in [2.75, 3.05) is 44.8 Å². The van der Waals surface area contributed by atoms with Crippen molar-refractivity contribution in [3.63, 3.8) is 0 Å². The number of nitrogens with two attached hydrogens (primary N) is 1. The molecule has 0 spiro atoms. The molecule has 0 fully saturated rings. The molecule has 0 aliphatic heterocycles. The van der Waals surface area contributed by atoms with E-state index in [-0.39, 0.29) is 12.1 Å². The van der Waals surface area contributed by atoms with Gasteiger partial charge in [0.05, 0.1) is 12.4 Å². The Balaban J connectivity index is 1.14. The molecular weight excluding hydrogens is 480 g/mol. The van der Waals surface area contributed by atoms with Crippen LogP contribution < -0.4 is 16.4 Å². The van der Waals surface area contributed by atoms with Gasteiger partial charge in [-0.05, 0) is 56.6 Å². The van der Waals surface area contributed by atoms with Gasteiger partial charge in [0.25, 0.3) is 0 Å². The molecule has 1 unspecified atom stereocenters. The molecule has 4 rings (SSSR count). The number of imidazole rings is 1. The van der Waals surface area contributed by atoms with Crippen LogP contribution >= 0.6 is 0 Å². The highest BCUT2D eigenvalue weighted by atomic mass is 16.5. The number of fused-ring (bicyclic) bond motifs is 1. The first-order chi connectivity index (χ1) is 18.4. The molecule has 200 valence electrons. The lowest BCUT2D eigenvalue weighted by molar-refractivity contribution is 0.0622. The zero-order chi connectivity index (χ0) is 26.9. The van der Waals surface area contributed by atoms with Crippen molar-refractivity contribution in [1.82, 2.24) is 29.7 Å². The molecule has 38 heavy (non-hydrogen) atoms. The van der Waals surface area contributed by atoms with Crippen LogP contribution in [0.1, 0.15) is 18.4 Å². The van der Waals surface area contributed by atoms with Crippen LogP contribution in [0.3, 0.4) is 0 Å². The maximum absolute atomic E-state index is 12.3. The van der Waals surface area contributed by atoms with Crippen LogP contribution in [0.5, 0.6) is 0 Å². The molecule has 0 radical (unpaired) electrons. The number of benzene rings is 2. The molecule has 1 atom stereocenters. The van der Waals surface area contributed by atoms with Crippen LogP contribution in [0.2, 0.25) is 0 Å². The monoisotopic (exact) mass is 516 g/mol. The number of nitrogens with one attached hydrogen (secondary N) is 2. The summed E-state index contributed by atoms with van der Waals surface area (Å²) in [5.74, 6) is 0.384. The van der Waals surface area contributed by atoms with E-state index in [1.165, 1.54) is 11.9 Å². The first-order valence-electron chi connectivity index (χ1n) is 12.8. The molecule has 0 bridgehead atoms. The smallest absolute Gasteiger partial charge is 0.319 e. The molecule has 2 aromatic carbocycles. The third-order valence-corrected chi connectivity index (χ3v) is 6.47. The van der Waals surface area contributed by atoms with Gasteiger partial charge in [0, 0.05) is 32.4 Å². The first kappa shape index (κ1) is 27.0. The van der Waals surface area contributed by atoms with E-state index in [1.807, 2.05) is 34.9 Å². The Hall–Kier alpha value is -4.02. The number of hydrogen-bond donors (Lipinski definition) is 3. The molecule has 10 heteroatoms. The van der Waals surface area contributed by atoms with E-state index < -0.39 is 0 Å². The predicted octanol–water partition coefficient (Wildman–Crippen LogP) is 3.93. The summed E-state index contributed by atoms with van der Waals surface area (Å²) in [5, 5.41) is 5.83. The average molecular weight is 517 g/mol. The third kappa shape index (κ3) is 7.27. The topological polar surface area (TPSA) is 123 Å². The first-order valence-corrected chi connectivity index (χ1v) is 12.8. The van der Waals surface area contributed by atoms with E-state index in [9.17, 15) is 4.79 Å². The molecule has 2 aromatic heterocycles. The van der Waals surface area contributed by atoms with Crippen molar-refractivity contribution in [2.24, 2.45) is 0 Å². The number of likely N-dealkylation sites (N-methyl/N-ethyl adjacent to an activating group) is 1. The molecule has 0 saturated carbocycles. The molecule has 4 N–H and O–H groups in total. The van der Waals surface area contributed by atoms with Gasteiger partial charge >= 0.3 is 6.03 Å². The fraction of sp³-hybridized carbons (Fsp3) is 0.357. The Kier molecular flexibility index (Phi) is 9.23. The lowest BCUT2D eigenvalue weighted by atomic mass is 10.0. The van der Waals surface area contributed by atoms with E-state index in [0.29, 0.717) is 24.4 Å². The summed E-state index contributed by atoms with van der Waals surface area (Å²) in [6, 6.07) is 16.0. The number of anilines is 2. The maximum Gasteiger partial charge on any atom is 0.319 e. The van der Waals surface area contributed by atoms with Gasteiger partial charge in [-0.15, -0.1) is 0 Å². The Morgan fingerprint density at radius 1 is 1.13 bits per heavy atom. The van der Waals surface area contributed by atoms with Gasteiger partial charge < -0.3 is 30.6 Å². The molecule has 2 amide bonds. The number of amides is 2. The molecule has 10 nitrogen and oxygen atoms in total. The maximum atomic E-state index is 12.3. The van der Waals surface area contributed by atoms with Crippen LogP contribution in [-0.2, 0) is 11.3 Å². The van der Waals surface area contributed by atoms with Crippen molar-refractivity contribution < 1.29 is 9.53 Å². The van der Waals surface area contributed by atoms with Crippen molar-refractivity contribution in [3.8, 4) is 11.1 Å². The van der Waals surface area contributed by atoms with E-state index in [2.05, 4.69) is 62.7 Å². The van der Waals surface area contributed by atoms with Gasteiger partial charge in [-0.2, -0.15) is 0 Å². The largest absolute Gasteiger partial charge is 0.382 e. The summed E-state index contributed by atoms with van der Waals surface area (Å²) in [4.78, 5) is 27.1. The second kappa shape index (κ2) is 13.0. The van der Waals surface area contributed by atoms with E-state index in [4.69, 9.17) is 10.5 Å². The Morgan fingerprint density at radius 2 is 1.95 bits per heavy atom. The van der Waals surface area contributed by atoms with Gasteiger partial charge in [0.15, 0.2) is 11.5 Å². The normalized spacial score (nSPS) is 12.1. The minimum absolute atomic E-state index is 0.0515. The Morgan fingerprint density at radius 3 is 2.71 bits per heavy atom. The average Bonchev–Trinajstić information content (AvgIpc) is 3.34. The SMILES string of the molecule is COC(CCn1cnc2c(N)ncnc21)CN(C)CCCNC(=O)Nc1ccc(-c2cccc(C)c2)cc1. The van der Waals surface area contributed by atoms with Gasteiger partial charge in [0.1, 0.15) is 11.8 Å². The second-order valence-electron chi connectivity index (χ2n) is 9.46. The molecule has 2 heterocycles. The van der Waals surface area contributed by atoms with Crippen LogP contribution in [0.25, 0.3) is 22.3 Å². The van der Waals surface area contributed by atoms with Gasteiger partial charge in [0.2, 0.25) is 0 Å². The second-order valence-corrected chi connectivity index (χ2v) is 9.46. The molecule has 0 aliphatic carbocycles. The van der Waals surface area contributed by atoms with Crippen LogP contribution in [0.15, 0.2) is 61.2 Å². The van der Waals surface area contributed by atoms with Crippen molar-refractivity contribution in [3.05, 3.63) is 66.7 Å². The standard InChI is InChI=1S/C28H36N8O2/c1-20-6-4-7-22(16-20)21-8-10-23(11-9-21)34-28(37)30-13-5-14-35(2)17-24(38-3)12-15-36-19-33-25-26(29)31-18-32-27(25)36/h4,6-11,16,18-19,24H,5,12-15,17H2,1-3H3,(H2,29,31,32)(H2,30,34,37). The third-order valence-electron chi connectivity index (χ3n) is 6.47. The van der Waals surface area contributed by atoms with E-state index in [0.717, 1.165) is 48.4 Å². The van der Waals surface area contributed by atoms with Gasteiger partial charge in [-0.1, -0.05) is 42.0 Å². The molecule has 4 aromatic rings. The Labute approximate surface area is 223 Å². The van der Waals surface area contributed by atoms with E-state index in [1.54, 1.807) is 13.4 Å². The summed E-state index contributed by atoms with van der Waals surface area (Å²) in [6.45, 7) is 4.99. The van der Waals surface area contributed by atoms with Crippen LogP contribution in [0.4, 0.5) is 16.3 Å². The van der Waals surface area contributed by atoms with Crippen molar-refractivity contribution in [2.45, 2.75) is 32.4 Å². The number of hydrogen-bond acceptors (Lipinski definition) is 7. The number of ether oxygens (including phenoxy) is 1. The number of methoxy groups -OCH3 is 1. The zero-order valence-corrected chi connectivity index (χ0v) is 22.2. The van der Waals surface area contributed by atoms with Crippen LogP contribution in [0, 0.1) is 6.92 Å². The minimum Gasteiger partial charge on any atom is -0.382 e. The lowest BCUT2D eigenvalue weighted by Crippen LogP contribution is -2.35. The van der Waals surface area contributed by atoms with Crippen molar-refractivity contribution >= 4 is 28.7 Å². The fourth-order valence-electron chi connectivity index (χ4n) is 4.36. The molecule has 0 aliphatic rings. The lowest BCUT2D eigenvalue weighted by Gasteiger charge is -2.23. The summed E-state index contributed by atoms with van der Waals surface area (Å²) in [6.07, 6.45) is 4.87. The summed E-state index contributed by atoms with van der Waals surface area (Å²) in [7, 11) is 3.78. The summed E-state index contributed by atoms with van der Waals surface area (Å²) in [5.41, 5.74) is 11.5. The minimum atomic E-state index is -0.206. The molecular formula is C28H36N8O2. The van der Waals surface area contributed by atoms with Crippen LogP contribution in [-0.4, -0.2) is 70.3 Å². The van der Waals surface area contributed by atoms with Gasteiger partial charge in [-0.3, -0.25) is 0 Å². The zero-order valence-electron chi connectivity index (χ0n) is 22.2. The number of carbonyl (C=O) groups excluding carboxylic acids is 1. The number of aromatic nitrogens is 4. The highest BCUT2D eigenvalue weighted by molar-refractivity contribution is 5.89. The number of urea groups is 1. The van der Waals surface area contributed by atoms with E-state index >= 15 is 0 Å². The quantitative estimate of drug-likeness (QED) is 0.244. The highest BCUT2D eigenvalue weighted by Crippen LogP contribution is 2.22.